The summed E-state index contributed by atoms with van der Waals surface area (Å²) in [7, 11) is 0. The Morgan fingerprint density at radius 1 is 1.21 bits per heavy atom. The summed E-state index contributed by atoms with van der Waals surface area (Å²) in [6.07, 6.45) is 2.06. The zero-order valence-corrected chi connectivity index (χ0v) is 19.6. The first kappa shape index (κ1) is 22.5. The molecule has 0 saturated carbocycles. The molecule has 3 heterocycles. The van der Waals surface area contributed by atoms with E-state index in [0.29, 0.717) is 18.7 Å². The third-order valence-corrected chi connectivity index (χ3v) is 7.97. The maximum atomic E-state index is 13.4. The van der Waals surface area contributed by atoms with Gasteiger partial charge in [-0.2, -0.15) is 0 Å². The molecule has 2 fully saturated rings. The summed E-state index contributed by atoms with van der Waals surface area (Å²) in [6, 6.07) is 12.9. The molecule has 2 aliphatic rings. The third kappa shape index (κ3) is 3.83. The monoisotopic (exact) mass is 480 g/mol. The Morgan fingerprint density at radius 3 is 2.71 bits per heavy atom. The number of likely N-dealkylation sites (tertiary alicyclic amines) is 1. The van der Waals surface area contributed by atoms with Gasteiger partial charge < -0.3 is 10.2 Å². The molecule has 2 atom stereocenters. The molecule has 7 nitrogen and oxygen atoms in total. The van der Waals surface area contributed by atoms with Gasteiger partial charge in [0.25, 0.3) is 5.91 Å². The van der Waals surface area contributed by atoms with Crippen molar-refractivity contribution in [1.82, 2.24) is 20.1 Å². The van der Waals surface area contributed by atoms with Gasteiger partial charge in [0.15, 0.2) is 0 Å². The maximum absolute atomic E-state index is 13.4. The van der Waals surface area contributed by atoms with Crippen LogP contribution in [-0.4, -0.2) is 52.3 Å². The number of urea groups is 1. The number of fused-ring (bicyclic) bond motifs is 1. The summed E-state index contributed by atoms with van der Waals surface area (Å²) < 4.78 is 14.5. The van der Waals surface area contributed by atoms with Gasteiger partial charge >= 0.3 is 6.03 Å². The molecule has 2 aliphatic heterocycles. The number of nitrogens with zero attached hydrogens (tertiary/aromatic N) is 3. The zero-order chi connectivity index (χ0) is 23.9. The van der Waals surface area contributed by atoms with Crippen LogP contribution in [0.15, 0.2) is 48.5 Å². The lowest BCUT2D eigenvalue weighted by Crippen LogP contribution is -2.47. The smallest absolute Gasteiger partial charge is 0.325 e. The van der Waals surface area contributed by atoms with Crippen LogP contribution in [0.1, 0.15) is 42.7 Å². The van der Waals surface area contributed by atoms with Gasteiger partial charge in [0, 0.05) is 19.0 Å². The van der Waals surface area contributed by atoms with Crippen LogP contribution in [-0.2, 0) is 15.1 Å². The highest BCUT2D eigenvalue weighted by Gasteiger charge is 2.52. The van der Waals surface area contributed by atoms with Crippen molar-refractivity contribution in [3.63, 3.8) is 0 Å². The third-order valence-electron chi connectivity index (χ3n) is 6.77. The SMILES string of the molecule is CC[C@@]1(c2ccc(F)cc2)NC(=O)N(CC(=O)N2CCC[C@H](c3nc4ccccc4s3)C2)C1=O. The van der Waals surface area contributed by atoms with Gasteiger partial charge in [-0.1, -0.05) is 31.2 Å². The molecule has 0 bridgehead atoms. The van der Waals surface area contributed by atoms with Crippen LogP contribution >= 0.6 is 11.3 Å². The molecule has 1 aromatic heterocycles. The van der Waals surface area contributed by atoms with E-state index in [1.54, 1.807) is 23.2 Å². The van der Waals surface area contributed by atoms with Gasteiger partial charge in [-0.3, -0.25) is 14.5 Å². The van der Waals surface area contributed by atoms with Crippen molar-refractivity contribution >= 4 is 39.4 Å². The first-order valence-corrected chi connectivity index (χ1v) is 12.3. The Morgan fingerprint density at radius 2 is 1.97 bits per heavy atom. The first-order valence-electron chi connectivity index (χ1n) is 11.4. The summed E-state index contributed by atoms with van der Waals surface area (Å²) in [4.78, 5) is 46.7. The summed E-state index contributed by atoms with van der Waals surface area (Å²) >= 11 is 1.65. The number of aromatic nitrogens is 1. The molecule has 5 rings (SSSR count). The zero-order valence-electron chi connectivity index (χ0n) is 18.8. The van der Waals surface area contributed by atoms with E-state index in [1.165, 1.54) is 24.3 Å². The molecule has 0 radical (unpaired) electrons. The van der Waals surface area contributed by atoms with E-state index in [9.17, 15) is 18.8 Å². The number of carbonyl (C=O) groups excluding carboxylic acids is 3. The molecule has 4 amide bonds. The lowest BCUT2D eigenvalue weighted by atomic mass is 9.87. The quantitative estimate of drug-likeness (QED) is 0.560. The van der Waals surface area contributed by atoms with Crippen LogP contribution < -0.4 is 5.32 Å². The molecule has 2 saturated heterocycles. The summed E-state index contributed by atoms with van der Waals surface area (Å²) in [6.45, 7) is 2.56. The van der Waals surface area contributed by atoms with Gasteiger partial charge in [0.1, 0.15) is 17.9 Å². The maximum Gasteiger partial charge on any atom is 0.325 e. The Bertz CT molecular complexity index is 1230. The van der Waals surface area contributed by atoms with E-state index in [-0.39, 0.29) is 24.8 Å². The van der Waals surface area contributed by atoms with E-state index in [1.807, 2.05) is 24.3 Å². The van der Waals surface area contributed by atoms with E-state index in [4.69, 9.17) is 4.98 Å². The largest absolute Gasteiger partial charge is 0.340 e. The average Bonchev–Trinajstić information content (AvgIpc) is 3.40. The normalized spacial score (nSPS) is 22.9. The van der Waals surface area contributed by atoms with Crippen molar-refractivity contribution in [2.24, 2.45) is 0 Å². The van der Waals surface area contributed by atoms with E-state index in [0.717, 1.165) is 33.0 Å². The molecule has 2 aromatic carbocycles. The van der Waals surface area contributed by atoms with Crippen LogP contribution in [0.25, 0.3) is 10.2 Å². The lowest BCUT2D eigenvalue weighted by Gasteiger charge is -2.32. The van der Waals surface area contributed by atoms with Crippen molar-refractivity contribution in [1.29, 1.82) is 0 Å². The summed E-state index contributed by atoms with van der Waals surface area (Å²) in [5.74, 6) is -1.04. The van der Waals surface area contributed by atoms with Crippen LogP contribution in [0.3, 0.4) is 0 Å². The van der Waals surface area contributed by atoms with Crippen LogP contribution in [0.5, 0.6) is 0 Å². The molecule has 176 valence electrons. The van der Waals surface area contributed by atoms with Crippen LogP contribution in [0, 0.1) is 5.82 Å². The van der Waals surface area contributed by atoms with E-state index in [2.05, 4.69) is 5.32 Å². The number of nitrogens with one attached hydrogen (secondary N) is 1. The van der Waals surface area contributed by atoms with Crippen LogP contribution in [0.2, 0.25) is 0 Å². The molecule has 1 N–H and O–H groups in total. The van der Waals surface area contributed by atoms with Crippen molar-refractivity contribution < 1.29 is 18.8 Å². The summed E-state index contributed by atoms with van der Waals surface area (Å²) in [5, 5.41) is 3.76. The summed E-state index contributed by atoms with van der Waals surface area (Å²) in [5.41, 5.74) is 0.164. The van der Waals surface area contributed by atoms with Crippen molar-refractivity contribution in [2.75, 3.05) is 19.6 Å². The number of carbonyl (C=O) groups is 3. The van der Waals surface area contributed by atoms with E-state index >= 15 is 0 Å². The first-order chi connectivity index (χ1) is 16.4. The topological polar surface area (TPSA) is 82.6 Å². The molecule has 0 unspecified atom stereocenters. The standard InChI is InChI=1S/C25H25FN4O3S/c1-2-25(17-9-11-18(26)12-10-17)23(32)30(24(33)28-25)15-21(31)29-13-5-6-16(14-29)22-27-19-7-3-4-8-20(19)34-22/h3-4,7-12,16H,2,5-6,13-15H2,1H3,(H,28,33)/t16-,25-/m0/s1. The predicted octanol–water partition coefficient (Wildman–Crippen LogP) is 4.00. The number of para-hydroxylation sites is 1. The highest BCUT2D eigenvalue weighted by atomic mass is 32.1. The number of amides is 4. The molecule has 0 spiro atoms. The molecular weight excluding hydrogens is 455 g/mol. The van der Waals surface area contributed by atoms with Crippen LogP contribution in [0.4, 0.5) is 9.18 Å². The molecular formula is C25H25FN4O3S. The highest BCUT2D eigenvalue weighted by molar-refractivity contribution is 7.18. The Kier molecular flexibility index (Phi) is 5.81. The number of rotatable bonds is 5. The molecule has 9 heteroatoms. The number of halogens is 1. The fourth-order valence-electron chi connectivity index (χ4n) is 4.85. The number of piperidine rings is 1. The Balaban J connectivity index is 1.31. The van der Waals surface area contributed by atoms with Gasteiger partial charge in [-0.15, -0.1) is 11.3 Å². The predicted molar refractivity (Wildman–Crippen MR) is 127 cm³/mol. The fraction of sp³-hybridized carbons (Fsp3) is 0.360. The van der Waals surface area contributed by atoms with Gasteiger partial charge in [0.05, 0.1) is 15.2 Å². The fourth-order valence-corrected chi connectivity index (χ4v) is 5.94. The van der Waals surface area contributed by atoms with Gasteiger partial charge in [-0.25, -0.2) is 14.2 Å². The Labute approximate surface area is 200 Å². The van der Waals surface area contributed by atoms with E-state index < -0.39 is 23.3 Å². The highest BCUT2D eigenvalue weighted by Crippen LogP contribution is 2.34. The number of thiazole rings is 1. The van der Waals surface area contributed by atoms with Crippen molar-refractivity contribution in [2.45, 2.75) is 37.6 Å². The van der Waals surface area contributed by atoms with Crippen molar-refractivity contribution in [3.8, 4) is 0 Å². The average molecular weight is 481 g/mol. The lowest BCUT2D eigenvalue weighted by molar-refractivity contribution is -0.140. The second-order valence-electron chi connectivity index (χ2n) is 8.79. The minimum atomic E-state index is -1.30. The second kappa shape index (κ2) is 8.79. The number of hydrogen-bond acceptors (Lipinski definition) is 5. The number of imide groups is 1. The molecule has 0 aliphatic carbocycles. The minimum absolute atomic E-state index is 0.132. The number of benzene rings is 2. The molecule has 3 aromatic rings. The number of hydrogen-bond donors (Lipinski definition) is 1. The van der Waals surface area contributed by atoms with Gasteiger partial charge in [0.2, 0.25) is 5.91 Å². The second-order valence-corrected chi connectivity index (χ2v) is 9.85. The molecule has 34 heavy (non-hydrogen) atoms. The van der Waals surface area contributed by atoms with Gasteiger partial charge in [-0.05, 0) is 49.1 Å². The minimum Gasteiger partial charge on any atom is -0.340 e. The van der Waals surface area contributed by atoms with Crippen molar-refractivity contribution in [3.05, 3.63) is 64.9 Å². The Hall–Kier alpha value is -3.33.